The molecule has 216 valence electrons. The fraction of sp³-hybridized carbons (Fsp3) is 0.226. The van der Waals surface area contributed by atoms with Crippen molar-refractivity contribution in [3.8, 4) is 11.5 Å². The number of nitrogens with zero attached hydrogens (tertiary/aromatic N) is 3. The molecule has 0 unspecified atom stereocenters. The van der Waals surface area contributed by atoms with E-state index in [1.54, 1.807) is 42.5 Å². The van der Waals surface area contributed by atoms with Crippen molar-refractivity contribution in [1.82, 2.24) is 14.7 Å². The third-order valence-corrected chi connectivity index (χ3v) is 7.99. The maximum atomic E-state index is 13.6. The van der Waals surface area contributed by atoms with Crippen LogP contribution in [-0.4, -0.2) is 65.0 Å². The van der Waals surface area contributed by atoms with E-state index in [1.165, 1.54) is 39.9 Å². The summed E-state index contributed by atoms with van der Waals surface area (Å²) in [7, 11) is 1.54. The predicted octanol–water partition coefficient (Wildman–Crippen LogP) is 5.84. The zero-order valence-electron chi connectivity index (χ0n) is 22.6. The number of carbonyl (C=O) groups excluding carboxylic acids is 4. The van der Waals surface area contributed by atoms with E-state index >= 15 is 0 Å². The number of imide groups is 1. The van der Waals surface area contributed by atoms with Gasteiger partial charge in [0.15, 0.2) is 0 Å². The van der Waals surface area contributed by atoms with Crippen LogP contribution in [0.4, 0.5) is 4.39 Å². The zero-order valence-corrected chi connectivity index (χ0v) is 25.0. The summed E-state index contributed by atoms with van der Waals surface area (Å²) in [6.07, 6.45) is 2.92. The van der Waals surface area contributed by atoms with Crippen LogP contribution in [0.2, 0.25) is 5.02 Å². The summed E-state index contributed by atoms with van der Waals surface area (Å²) < 4.78 is 20.2. The van der Waals surface area contributed by atoms with E-state index in [0.717, 1.165) is 10.0 Å². The molecule has 2 aliphatic rings. The van der Waals surface area contributed by atoms with Crippen LogP contribution in [0.5, 0.6) is 11.5 Å². The van der Waals surface area contributed by atoms with Gasteiger partial charge in [-0.3, -0.25) is 24.1 Å². The van der Waals surface area contributed by atoms with Gasteiger partial charge in [0.05, 0.1) is 16.1 Å². The van der Waals surface area contributed by atoms with Gasteiger partial charge in [-0.25, -0.2) is 4.39 Å². The van der Waals surface area contributed by atoms with Crippen LogP contribution in [0.15, 0.2) is 76.8 Å². The molecule has 0 aliphatic carbocycles. The molecule has 2 heterocycles. The number of amides is 4. The van der Waals surface area contributed by atoms with Crippen molar-refractivity contribution in [3.63, 3.8) is 0 Å². The van der Waals surface area contributed by atoms with Gasteiger partial charge in [0.2, 0.25) is 0 Å². The van der Waals surface area contributed by atoms with Crippen molar-refractivity contribution >= 4 is 51.2 Å². The first-order chi connectivity index (χ1) is 20.1. The van der Waals surface area contributed by atoms with Crippen molar-refractivity contribution in [2.75, 3.05) is 26.7 Å². The smallest absolute Gasteiger partial charge is 0.312 e. The molecular weight excluding hydrogens is 629 g/mol. The van der Waals surface area contributed by atoms with E-state index in [0.29, 0.717) is 47.6 Å². The molecular formula is C31H26BrClFN3O5. The molecule has 0 bridgehead atoms. The summed E-state index contributed by atoms with van der Waals surface area (Å²) in [5.74, 6) is -1.71. The van der Waals surface area contributed by atoms with Crippen molar-refractivity contribution < 1.29 is 28.3 Å². The maximum absolute atomic E-state index is 13.6. The minimum atomic E-state index is -0.670. The third kappa shape index (κ3) is 6.24. The SMILES string of the molecule is CN(Cc1ccc(Br)cc1Oc1ccc(F)c(Cl)c1)C(=O)C(=O)N1CC=C(CCN2C(=O)c3ccccc3C2=O)CC1. The molecule has 0 saturated carbocycles. The summed E-state index contributed by atoms with van der Waals surface area (Å²) in [4.78, 5) is 55.3. The highest BCUT2D eigenvalue weighted by Gasteiger charge is 2.35. The Balaban J connectivity index is 1.17. The van der Waals surface area contributed by atoms with E-state index < -0.39 is 17.6 Å². The summed E-state index contributed by atoms with van der Waals surface area (Å²) >= 11 is 9.28. The van der Waals surface area contributed by atoms with E-state index in [2.05, 4.69) is 15.9 Å². The number of benzene rings is 3. The van der Waals surface area contributed by atoms with Crippen molar-refractivity contribution in [1.29, 1.82) is 0 Å². The number of halogens is 3. The van der Waals surface area contributed by atoms with Gasteiger partial charge < -0.3 is 14.5 Å². The van der Waals surface area contributed by atoms with Crippen molar-refractivity contribution in [2.45, 2.75) is 19.4 Å². The lowest BCUT2D eigenvalue weighted by atomic mass is 10.0. The average Bonchev–Trinajstić information content (AvgIpc) is 3.23. The van der Waals surface area contributed by atoms with Crippen molar-refractivity contribution in [3.05, 3.63) is 104 Å². The topological polar surface area (TPSA) is 87.2 Å². The Hall–Kier alpha value is -4.02. The summed E-state index contributed by atoms with van der Waals surface area (Å²) in [6.45, 7) is 0.963. The Morgan fingerprint density at radius 3 is 2.40 bits per heavy atom. The molecule has 42 heavy (non-hydrogen) atoms. The second-order valence-electron chi connectivity index (χ2n) is 10.0. The van der Waals surface area contributed by atoms with Crippen LogP contribution in [0, 0.1) is 5.82 Å². The first-order valence-corrected chi connectivity index (χ1v) is 14.4. The monoisotopic (exact) mass is 653 g/mol. The molecule has 0 atom stereocenters. The number of hydrogen-bond acceptors (Lipinski definition) is 5. The number of carbonyl (C=O) groups is 4. The van der Waals surface area contributed by atoms with Crippen molar-refractivity contribution in [2.24, 2.45) is 0 Å². The van der Waals surface area contributed by atoms with Gasteiger partial charge in [0, 0.05) is 49.3 Å². The largest absolute Gasteiger partial charge is 0.457 e. The highest BCUT2D eigenvalue weighted by Crippen LogP contribution is 2.32. The van der Waals surface area contributed by atoms with E-state index in [9.17, 15) is 23.6 Å². The summed E-state index contributed by atoms with van der Waals surface area (Å²) in [6, 6.07) is 16.0. The maximum Gasteiger partial charge on any atom is 0.312 e. The van der Waals surface area contributed by atoms with Gasteiger partial charge in [0.25, 0.3) is 11.8 Å². The molecule has 11 heteroatoms. The number of rotatable bonds is 7. The molecule has 8 nitrogen and oxygen atoms in total. The standard InChI is InChI=1S/C31H26BrClFN3O5/c1-35(18-20-6-7-21(32)16-27(20)42-22-8-9-26(34)25(33)17-22)30(40)31(41)36-13-10-19(11-14-36)12-15-37-28(38)23-4-2-3-5-24(23)29(37)39/h2-10,16-17H,11-15,18H2,1H3. The average molecular weight is 655 g/mol. The molecule has 0 N–H and O–H groups in total. The zero-order chi connectivity index (χ0) is 30.0. The molecule has 0 fully saturated rings. The van der Waals surface area contributed by atoms with Crippen LogP contribution in [-0.2, 0) is 16.1 Å². The fourth-order valence-electron chi connectivity index (χ4n) is 4.87. The van der Waals surface area contributed by atoms with Crippen LogP contribution in [0.25, 0.3) is 0 Å². The van der Waals surface area contributed by atoms with E-state index in [4.69, 9.17) is 16.3 Å². The molecule has 0 spiro atoms. The molecule has 4 amide bonds. The van der Waals surface area contributed by atoms with E-state index in [1.807, 2.05) is 6.08 Å². The number of hydrogen-bond donors (Lipinski definition) is 0. The van der Waals surface area contributed by atoms with Gasteiger partial charge in [-0.15, -0.1) is 0 Å². The van der Waals surface area contributed by atoms with Crippen LogP contribution in [0.1, 0.15) is 39.1 Å². The minimum absolute atomic E-state index is 0.0794. The van der Waals surface area contributed by atoms with Gasteiger partial charge in [-0.2, -0.15) is 0 Å². The highest BCUT2D eigenvalue weighted by atomic mass is 79.9. The lowest BCUT2D eigenvalue weighted by Crippen LogP contribution is -2.45. The molecule has 2 aliphatic heterocycles. The molecule has 5 rings (SSSR count). The van der Waals surface area contributed by atoms with Crippen LogP contribution >= 0.6 is 27.5 Å². The molecule has 0 saturated heterocycles. The molecule has 0 radical (unpaired) electrons. The summed E-state index contributed by atoms with van der Waals surface area (Å²) in [5.41, 5.74) is 2.49. The van der Waals surface area contributed by atoms with Gasteiger partial charge >= 0.3 is 11.8 Å². The number of ether oxygens (including phenoxy) is 1. The Morgan fingerprint density at radius 1 is 1.05 bits per heavy atom. The van der Waals surface area contributed by atoms with Gasteiger partial charge in [-0.1, -0.05) is 57.4 Å². The second kappa shape index (κ2) is 12.5. The quantitative estimate of drug-likeness (QED) is 0.182. The Kier molecular flexibility index (Phi) is 8.74. The molecule has 3 aromatic rings. The highest BCUT2D eigenvalue weighted by molar-refractivity contribution is 9.10. The first-order valence-electron chi connectivity index (χ1n) is 13.2. The van der Waals surface area contributed by atoms with Gasteiger partial charge in [0.1, 0.15) is 17.3 Å². The Bertz CT molecular complexity index is 1590. The van der Waals surface area contributed by atoms with Crippen LogP contribution < -0.4 is 4.74 Å². The Labute approximate surface area is 255 Å². The van der Waals surface area contributed by atoms with E-state index in [-0.39, 0.29) is 36.5 Å². The summed E-state index contributed by atoms with van der Waals surface area (Å²) in [5, 5.41) is -0.0794. The normalized spacial score (nSPS) is 14.5. The fourth-order valence-corrected chi connectivity index (χ4v) is 5.38. The molecule has 0 aromatic heterocycles. The number of fused-ring (bicyclic) bond motifs is 1. The third-order valence-electron chi connectivity index (χ3n) is 7.21. The van der Waals surface area contributed by atoms with Gasteiger partial charge in [-0.05, 0) is 49.2 Å². The predicted molar refractivity (Wildman–Crippen MR) is 158 cm³/mol. The number of likely N-dealkylation sites (N-methyl/N-ethyl adjacent to an activating group) is 1. The lowest BCUT2D eigenvalue weighted by Gasteiger charge is -2.28. The minimum Gasteiger partial charge on any atom is -0.457 e. The Morgan fingerprint density at radius 2 is 1.76 bits per heavy atom. The van der Waals surface area contributed by atoms with Crippen LogP contribution in [0.3, 0.4) is 0 Å². The first kappa shape index (κ1) is 29.5. The molecule has 3 aromatic carbocycles. The second-order valence-corrected chi connectivity index (χ2v) is 11.3. The lowest BCUT2D eigenvalue weighted by molar-refractivity contribution is -0.151.